The van der Waals surface area contributed by atoms with Crippen molar-refractivity contribution in [1.29, 1.82) is 0 Å². The number of hydrogen-bond acceptors (Lipinski definition) is 2. The van der Waals surface area contributed by atoms with Gasteiger partial charge in [0.15, 0.2) is 0 Å². The summed E-state index contributed by atoms with van der Waals surface area (Å²) in [6, 6.07) is 0.431. The molecule has 17 heavy (non-hydrogen) atoms. The first kappa shape index (κ1) is 12.9. The van der Waals surface area contributed by atoms with Gasteiger partial charge >= 0.3 is 0 Å². The maximum absolute atomic E-state index is 12.5. The first-order valence-corrected chi connectivity index (χ1v) is 7.19. The molecule has 1 aliphatic heterocycles. The highest BCUT2D eigenvalue weighted by molar-refractivity contribution is 5.83. The van der Waals surface area contributed by atoms with Gasteiger partial charge in [0.2, 0.25) is 5.91 Å². The Kier molecular flexibility index (Phi) is 4.08. The van der Waals surface area contributed by atoms with Crippen molar-refractivity contribution in [1.82, 2.24) is 10.6 Å². The highest BCUT2D eigenvalue weighted by Gasteiger charge is 2.39. The molecule has 0 aromatic carbocycles. The number of carbonyl (C=O) groups excluding carboxylic acids is 1. The van der Waals surface area contributed by atoms with Gasteiger partial charge in [-0.25, -0.2) is 0 Å². The second-order valence-corrected chi connectivity index (χ2v) is 5.87. The van der Waals surface area contributed by atoms with Crippen LogP contribution in [-0.4, -0.2) is 25.0 Å². The lowest BCUT2D eigenvalue weighted by Gasteiger charge is -2.36. The summed E-state index contributed by atoms with van der Waals surface area (Å²) in [7, 11) is 0. The summed E-state index contributed by atoms with van der Waals surface area (Å²) in [6.07, 6.45) is 6.68. The summed E-state index contributed by atoms with van der Waals surface area (Å²) in [4.78, 5) is 12.5. The maximum atomic E-state index is 12.5. The molecule has 1 aliphatic carbocycles. The van der Waals surface area contributed by atoms with Crippen LogP contribution in [-0.2, 0) is 4.79 Å². The number of carbonyl (C=O) groups is 1. The Bertz CT molecular complexity index is 271. The summed E-state index contributed by atoms with van der Waals surface area (Å²) < 4.78 is 0. The molecule has 1 amide bonds. The van der Waals surface area contributed by atoms with E-state index in [2.05, 4.69) is 24.5 Å². The van der Waals surface area contributed by atoms with E-state index >= 15 is 0 Å². The topological polar surface area (TPSA) is 41.1 Å². The zero-order chi connectivity index (χ0) is 12.3. The van der Waals surface area contributed by atoms with E-state index < -0.39 is 0 Å². The third-order valence-electron chi connectivity index (χ3n) is 4.90. The van der Waals surface area contributed by atoms with Gasteiger partial charge < -0.3 is 10.6 Å². The van der Waals surface area contributed by atoms with Gasteiger partial charge in [0.25, 0.3) is 0 Å². The zero-order valence-electron chi connectivity index (χ0n) is 11.2. The van der Waals surface area contributed by atoms with Crippen LogP contribution in [0.15, 0.2) is 0 Å². The molecule has 0 radical (unpaired) electrons. The van der Waals surface area contributed by atoms with E-state index in [0.717, 1.165) is 32.4 Å². The average molecular weight is 238 g/mol. The summed E-state index contributed by atoms with van der Waals surface area (Å²) in [5.41, 5.74) is -0.0897. The predicted molar refractivity (Wildman–Crippen MR) is 69.8 cm³/mol. The molecule has 2 N–H and O–H groups in total. The van der Waals surface area contributed by atoms with Crippen molar-refractivity contribution in [2.75, 3.05) is 13.1 Å². The standard InChI is InChI=1S/C14H26N2O/c1-3-14(7-9-15-10-8-14)13(17)16-12-6-4-5-11(12)2/h11-12,15H,3-10H2,1-2H3,(H,16,17). The van der Waals surface area contributed by atoms with Crippen LogP contribution >= 0.6 is 0 Å². The Morgan fingerprint density at radius 3 is 2.59 bits per heavy atom. The van der Waals surface area contributed by atoms with Crippen LogP contribution in [0.2, 0.25) is 0 Å². The largest absolute Gasteiger partial charge is 0.353 e. The Labute approximate surface area is 105 Å². The molecule has 0 spiro atoms. The van der Waals surface area contributed by atoms with Crippen LogP contribution in [0.3, 0.4) is 0 Å². The first-order chi connectivity index (χ1) is 8.18. The fourth-order valence-corrected chi connectivity index (χ4v) is 3.33. The molecule has 0 aromatic heterocycles. The maximum Gasteiger partial charge on any atom is 0.226 e. The lowest BCUT2D eigenvalue weighted by molar-refractivity contribution is -0.133. The molecule has 1 saturated carbocycles. The molecule has 3 nitrogen and oxygen atoms in total. The second-order valence-electron chi connectivity index (χ2n) is 5.87. The van der Waals surface area contributed by atoms with E-state index in [9.17, 15) is 4.79 Å². The molecule has 2 rings (SSSR count). The first-order valence-electron chi connectivity index (χ1n) is 7.19. The van der Waals surface area contributed by atoms with Crippen LogP contribution in [0.25, 0.3) is 0 Å². The molecule has 0 bridgehead atoms. The molecule has 1 saturated heterocycles. The molecule has 2 aliphatic rings. The SMILES string of the molecule is CCC1(C(=O)NC2CCCC2C)CCNCC1. The van der Waals surface area contributed by atoms with Crippen molar-refractivity contribution in [3.8, 4) is 0 Å². The Morgan fingerprint density at radius 1 is 1.35 bits per heavy atom. The number of rotatable bonds is 3. The fourth-order valence-electron chi connectivity index (χ4n) is 3.33. The molecule has 1 heterocycles. The van der Waals surface area contributed by atoms with Gasteiger partial charge in [-0.2, -0.15) is 0 Å². The number of nitrogens with one attached hydrogen (secondary N) is 2. The van der Waals surface area contributed by atoms with Crippen molar-refractivity contribution in [2.45, 2.75) is 58.4 Å². The van der Waals surface area contributed by atoms with Crippen molar-refractivity contribution in [3.63, 3.8) is 0 Å². The summed E-state index contributed by atoms with van der Waals surface area (Å²) in [5, 5.41) is 6.67. The fraction of sp³-hybridized carbons (Fsp3) is 0.929. The lowest BCUT2D eigenvalue weighted by atomic mass is 9.75. The van der Waals surface area contributed by atoms with Gasteiger partial charge in [0, 0.05) is 6.04 Å². The van der Waals surface area contributed by atoms with Crippen LogP contribution in [0, 0.1) is 11.3 Å². The van der Waals surface area contributed by atoms with Gasteiger partial charge in [-0.3, -0.25) is 4.79 Å². The molecule has 2 fully saturated rings. The zero-order valence-corrected chi connectivity index (χ0v) is 11.2. The molecular formula is C14H26N2O. The molecule has 98 valence electrons. The Hall–Kier alpha value is -0.570. The van der Waals surface area contributed by atoms with E-state index in [1.165, 1.54) is 19.3 Å². The van der Waals surface area contributed by atoms with Crippen molar-refractivity contribution >= 4 is 5.91 Å². The molecule has 3 heteroatoms. The van der Waals surface area contributed by atoms with E-state index in [4.69, 9.17) is 0 Å². The van der Waals surface area contributed by atoms with Gasteiger partial charge in [-0.15, -0.1) is 0 Å². The Morgan fingerprint density at radius 2 is 2.06 bits per heavy atom. The summed E-state index contributed by atoms with van der Waals surface area (Å²) in [5.74, 6) is 0.981. The minimum absolute atomic E-state index is 0.0897. The molecule has 2 atom stereocenters. The van der Waals surface area contributed by atoms with Crippen molar-refractivity contribution in [2.24, 2.45) is 11.3 Å². The van der Waals surface area contributed by atoms with Crippen LogP contribution in [0.4, 0.5) is 0 Å². The van der Waals surface area contributed by atoms with E-state index in [1.54, 1.807) is 0 Å². The number of hydrogen-bond donors (Lipinski definition) is 2. The second kappa shape index (κ2) is 5.38. The summed E-state index contributed by atoms with van der Waals surface area (Å²) >= 11 is 0. The predicted octanol–water partition coefficient (Wildman–Crippen LogP) is 2.07. The monoisotopic (exact) mass is 238 g/mol. The normalized spacial score (nSPS) is 32.4. The molecule has 0 aromatic rings. The van der Waals surface area contributed by atoms with Crippen molar-refractivity contribution < 1.29 is 4.79 Å². The number of piperidine rings is 1. The van der Waals surface area contributed by atoms with Crippen molar-refractivity contribution in [3.05, 3.63) is 0 Å². The lowest BCUT2D eigenvalue weighted by Crippen LogP contribution is -2.50. The minimum Gasteiger partial charge on any atom is -0.353 e. The average Bonchev–Trinajstić information content (AvgIpc) is 2.76. The van der Waals surface area contributed by atoms with Gasteiger partial charge in [0.05, 0.1) is 5.41 Å². The molecular weight excluding hydrogens is 212 g/mol. The highest BCUT2D eigenvalue weighted by Crippen LogP contribution is 2.34. The Balaban J connectivity index is 1.97. The highest BCUT2D eigenvalue weighted by atomic mass is 16.2. The van der Waals surface area contributed by atoms with E-state index in [-0.39, 0.29) is 5.41 Å². The van der Waals surface area contributed by atoms with E-state index in [1.807, 2.05) is 0 Å². The number of amides is 1. The quantitative estimate of drug-likeness (QED) is 0.790. The van der Waals surface area contributed by atoms with Crippen LogP contribution in [0.1, 0.15) is 52.4 Å². The third kappa shape index (κ3) is 2.65. The van der Waals surface area contributed by atoms with E-state index in [0.29, 0.717) is 17.9 Å². The van der Waals surface area contributed by atoms with Crippen LogP contribution < -0.4 is 10.6 Å². The van der Waals surface area contributed by atoms with Gasteiger partial charge in [-0.05, 0) is 51.1 Å². The smallest absolute Gasteiger partial charge is 0.226 e. The molecule has 2 unspecified atom stereocenters. The van der Waals surface area contributed by atoms with Gasteiger partial charge in [0.1, 0.15) is 0 Å². The van der Waals surface area contributed by atoms with Gasteiger partial charge in [-0.1, -0.05) is 20.3 Å². The summed E-state index contributed by atoms with van der Waals surface area (Å²) in [6.45, 7) is 6.39. The minimum atomic E-state index is -0.0897. The van der Waals surface area contributed by atoms with Crippen LogP contribution in [0.5, 0.6) is 0 Å². The third-order valence-corrected chi connectivity index (χ3v) is 4.90.